The fourth-order valence-corrected chi connectivity index (χ4v) is 3.95. The van der Waals surface area contributed by atoms with E-state index < -0.39 is 34.1 Å². The molecule has 0 spiro atoms. The lowest BCUT2D eigenvalue weighted by atomic mass is 10.2. The van der Waals surface area contributed by atoms with Crippen LogP contribution in [0.5, 0.6) is 5.75 Å². The van der Waals surface area contributed by atoms with Crippen molar-refractivity contribution in [2.75, 3.05) is 15.9 Å². The summed E-state index contributed by atoms with van der Waals surface area (Å²) in [7, 11) is -3.82. The number of nitrogens with one attached hydrogen (secondary N) is 1. The third-order valence-corrected chi connectivity index (χ3v) is 5.20. The van der Waals surface area contributed by atoms with Gasteiger partial charge >= 0.3 is 6.36 Å². The van der Waals surface area contributed by atoms with Crippen LogP contribution in [0.4, 0.5) is 24.5 Å². The van der Waals surface area contributed by atoms with Crippen molar-refractivity contribution in [1.29, 1.82) is 0 Å². The molecule has 2 rings (SSSR count). The fraction of sp³-hybridized carbons (Fsp3) is 0.278. The van der Waals surface area contributed by atoms with E-state index >= 15 is 0 Å². The molecule has 1 N–H and O–H groups in total. The minimum Gasteiger partial charge on any atom is -0.406 e. The van der Waals surface area contributed by atoms with Gasteiger partial charge in [-0.05, 0) is 55.0 Å². The second kappa shape index (κ2) is 8.91. The van der Waals surface area contributed by atoms with Crippen LogP contribution in [0, 0.1) is 0 Å². The zero-order valence-corrected chi connectivity index (χ0v) is 17.0. The maximum atomic E-state index is 12.7. The van der Waals surface area contributed by atoms with Crippen molar-refractivity contribution in [2.24, 2.45) is 0 Å². The van der Waals surface area contributed by atoms with Crippen molar-refractivity contribution < 1.29 is 31.1 Å². The van der Waals surface area contributed by atoms with Crippen molar-refractivity contribution in [3.63, 3.8) is 0 Å². The SMILES string of the molecule is CC[C@H](C(=O)Nc1ccc(OC(F)(F)F)cc1)N(c1ccc(Cl)cc1)S(C)(=O)=O. The van der Waals surface area contributed by atoms with Crippen LogP contribution in [0.25, 0.3) is 0 Å². The van der Waals surface area contributed by atoms with Crippen molar-refractivity contribution in [1.82, 2.24) is 0 Å². The standard InChI is InChI=1S/C18H18ClF3N2O4S/c1-3-16(24(29(2,26)27)14-8-4-12(19)5-9-14)17(25)23-13-6-10-15(11-7-13)28-18(20,21)22/h4-11,16H,3H2,1-2H3,(H,23,25)/t16-/m1/s1. The van der Waals surface area contributed by atoms with Crippen LogP contribution >= 0.6 is 11.6 Å². The molecule has 0 bridgehead atoms. The minimum atomic E-state index is -4.83. The first kappa shape index (κ1) is 22.8. The summed E-state index contributed by atoms with van der Waals surface area (Å²) in [6.07, 6.45) is -3.70. The van der Waals surface area contributed by atoms with E-state index in [0.29, 0.717) is 5.02 Å². The highest BCUT2D eigenvalue weighted by Gasteiger charge is 2.32. The first-order valence-electron chi connectivity index (χ1n) is 8.32. The first-order chi connectivity index (χ1) is 13.4. The Labute approximate surface area is 171 Å². The summed E-state index contributed by atoms with van der Waals surface area (Å²) in [5.74, 6) is -1.08. The van der Waals surface area contributed by atoms with E-state index in [2.05, 4.69) is 10.1 Å². The largest absolute Gasteiger partial charge is 0.573 e. The molecule has 0 aliphatic heterocycles. The van der Waals surface area contributed by atoms with Gasteiger partial charge in [0.15, 0.2) is 0 Å². The maximum absolute atomic E-state index is 12.7. The van der Waals surface area contributed by atoms with E-state index in [1.54, 1.807) is 6.92 Å². The smallest absolute Gasteiger partial charge is 0.406 e. The summed E-state index contributed by atoms with van der Waals surface area (Å²) in [4.78, 5) is 12.7. The van der Waals surface area contributed by atoms with Crippen molar-refractivity contribution in [3.8, 4) is 5.75 Å². The van der Waals surface area contributed by atoms with E-state index in [1.807, 2.05) is 0 Å². The Morgan fingerprint density at radius 2 is 1.69 bits per heavy atom. The number of nitrogens with zero attached hydrogens (tertiary/aromatic N) is 1. The Bertz CT molecular complexity index is 949. The number of hydrogen-bond acceptors (Lipinski definition) is 4. The summed E-state index contributed by atoms with van der Waals surface area (Å²) in [6, 6.07) is 9.38. The lowest BCUT2D eigenvalue weighted by Crippen LogP contribution is -2.46. The predicted molar refractivity (Wildman–Crippen MR) is 105 cm³/mol. The van der Waals surface area contributed by atoms with E-state index in [4.69, 9.17) is 11.6 Å². The van der Waals surface area contributed by atoms with Crippen LogP contribution in [0.1, 0.15) is 13.3 Å². The van der Waals surface area contributed by atoms with Crippen LogP contribution < -0.4 is 14.4 Å². The van der Waals surface area contributed by atoms with Gasteiger partial charge in [0.25, 0.3) is 0 Å². The number of carbonyl (C=O) groups is 1. The van der Waals surface area contributed by atoms with Crippen molar-refractivity contribution >= 4 is 38.9 Å². The Kier molecular flexibility index (Phi) is 7.02. The molecule has 0 aliphatic rings. The quantitative estimate of drug-likeness (QED) is 0.677. The topological polar surface area (TPSA) is 75.7 Å². The first-order valence-corrected chi connectivity index (χ1v) is 10.5. The second-order valence-electron chi connectivity index (χ2n) is 6.02. The Hall–Kier alpha value is -2.46. The number of alkyl halides is 3. The number of halogens is 4. The van der Waals surface area contributed by atoms with Crippen LogP contribution in [0.2, 0.25) is 5.02 Å². The van der Waals surface area contributed by atoms with Crippen LogP contribution in [-0.2, 0) is 14.8 Å². The number of anilines is 2. The van der Waals surface area contributed by atoms with Gasteiger partial charge in [0.2, 0.25) is 15.9 Å². The number of benzene rings is 2. The van der Waals surface area contributed by atoms with Gasteiger partial charge in [0.1, 0.15) is 11.8 Å². The van der Waals surface area contributed by atoms with Gasteiger partial charge in [-0.3, -0.25) is 9.10 Å². The number of ether oxygens (including phenoxy) is 1. The van der Waals surface area contributed by atoms with Crippen molar-refractivity contribution in [3.05, 3.63) is 53.6 Å². The highest BCUT2D eigenvalue weighted by molar-refractivity contribution is 7.92. The summed E-state index contributed by atoms with van der Waals surface area (Å²) in [5.41, 5.74) is 0.445. The molecule has 158 valence electrons. The van der Waals surface area contributed by atoms with Gasteiger partial charge in [0, 0.05) is 10.7 Å². The fourth-order valence-electron chi connectivity index (χ4n) is 2.61. The molecule has 0 aromatic heterocycles. The molecule has 0 fully saturated rings. The maximum Gasteiger partial charge on any atom is 0.573 e. The third-order valence-electron chi connectivity index (χ3n) is 3.77. The number of sulfonamides is 1. The zero-order chi connectivity index (χ0) is 21.8. The Morgan fingerprint density at radius 1 is 1.14 bits per heavy atom. The van der Waals surface area contributed by atoms with Crippen molar-refractivity contribution in [2.45, 2.75) is 25.7 Å². The molecule has 0 aliphatic carbocycles. The molecule has 1 atom stereocenters. The highest BCUT2D eigenvalue weighted by Crippen LogP contribution is 2.26. The van der Waals surface area contributed by atoms with E-state index in [0.717, 1.165) is 22.7 Å². The molecule has 0 saturated carbocycles. The third kappa shape index (κ3) is 6.53. The highest BCUT2D eigenvalue weighted by atomic mass is 35.5. The molecular weight excluding hydrogens is 433 g/mol. The lowest BCUT2D eigenvalue weighted by Gasteiger charge is -2.30. The molecule has 11 heteroatoms. The average molecular weight is 451 g/mol. The molecule has 2 aromatic carbocycles. The molecular formula is C18H18ClF3N2O4S. The molecule has 29 heavy (non-hydrogen) atoms. The zero-order valence-electron chi connectivity index (χ0n) is 15.4. The Balaban J connectivity index is 2.24. The molecule has 6 nitrogen and oxygen atoms in total. The van der Waals surface area contributed by atoms with Gasteiger partial charge in [-0.2, -0.15) is 0 Å². The molecule has 0 radical (unpaired) electrons. The van der Waals surface area contributed by atoms with Gasteiger partial charge in [-0.25, -0.2) is 8.42 Å². The van der Waals surface area contributed by atoms with Gasteiger partial charge in [-0.15, -0.1) is 13.2 Å². The molecule has 1 amide bonds. The van der Waals surface area contributed by atoms with Crippen LogP contribution in [0.15, 0.2) is 48.5 Å². The summed E-state index contributed by atoms with van der Waals surface area (Å²) < 4.78 is 66.1. The molecule has 2 aromatic rings. The monoisotopic (exact) mass is 450 g/mol. The second-order valence-corrected chi connectivity index (χ2v) is 8.32. The van der Waals surface area contributed by atoms with E-state index in [1.165, 1.54) is 36.4 Å². The van der Waals surface area contributed by atoms with E-state index in [9.17, 15) is 26.4 Å². The van der Waals surface area contributed by atoms with E-state index in [-0.39, 0.29) is 17.8 Å². The number of amides is 1. The molecule has 0 saturated heterocycles. The molecule has 0 unspecified atom stereocenters. The van der Waals surface area contributed by atoms with Crippen LogP contribution in [-0.4, -0.2) is 33.0 Å². The van der Waals surface area contributed by atoms with Gasteiger partial charge in [0.05, 0.1) is 11.9 Å². The summed E-state index contributed by atoms with van der Waals surface area (Å²) in [5, 5.41) is 2.91. The number of rotatable bonds is 7. The lowest BCUT2D eigenvalue weighted by molar-refractivity contribution is -0.274. The predicted octanol–water partition coefficient (Wildman–Crippen LogP) is 4.42. The summed E-state index contributed by atoms with van der Waals surface area (Å²) >= 11 is 5.84. The van der Waals surface area contributed by atoms with Gasteiger partial charge < -0.3 is 10.1 Å². The average Bonchev–Trinajstić information content (AvgIpc) is 2.60. The summed E-state index contributed by atoms with van der Waals surface area (Å²) in [6.45, 7) is 1.64. The van der Waals surface area contributed by atoms with Gasteiger partial charge in [-0.1, -0.05) is 18.5 Å². The van der Waals surface area contributed by atoms with Crippen LogP contribution in [0.3, 0.4) is 0 Å². The normalized spacial score (nSPS) is 12.9. The molecule has 0 heterocycles. The minimum absolute atomic E-state index is 0.150. The Morgan fingerprint density at radius 3 is 2.14 bits per heavy atom. The number of hydrogen-bond donors (Lipinski definition) is 1. The number of carbonyl (C=O) groups excluding carboxylic acids is 1.